The van der Waals surface area contributed by atoms with Gasteiger partial charge in [0.1, 0.15) is 23.9 Å². The van der Waals surface area contributed by atoms with Crippen molar-refractivity contribution in [3.8, 4) is 11.5 Å². The molecule has 10 nitrogen and oxygen atoms in total. The van der Waals surface area contributed by atoms with Gasteiger partial charge in [-0.3, -0.25) is 4.79 Å². The van der Waals surface area contributed by atoms with E-state index in [1.54, 1.807) is 37.6 Å². The number of benzene rings is 1. The van der Waals surface area contributed by atoms with Crippen LogP contribution in [0.15, 0.2) is 35.3 Å². The van der Waals surface area contributed by atoms with Crippen LogP contribution in [0, 0.1) is 0 Å². The Balaban J connectivity index is 1.53. The van der Waals surface area contributed by atoms with E-state index >= 15 is 0 Å². The highest BCUT2D eigenvalue weighted by Gasteiger charge is 2.17. The fourth-order valence-electron chi connectivity index (χ4n) is 3.35. The van der Waals surface area contributed by atoms with E-state index in [9.17, 15) is 9.59 Å². The van der Waals surface area contributed by atoms with Crippen LogP contribution < -0.4 is 25.4 Å². The molecule has 2 aromatic heterocycles. The van der Waals surface area contributed by atoms with Gasteiger partial charge in [-0.25, -0.2) is 13.9 Å². The Morgan fingerprint density at radius 2 is 1.97 bits per heavy atom. The molecular weight excluding hydrogens is 376 g/mol. The van der Waals surface area contributed by atoms with Gasteiger partial charge in [0.2, 0.25) is 5.91 Å². The van der Waals surface area contributed by atoms with E-state index in [0.29, 0.717) is 17.2 Å². The van der Waals surface area contributed by atoms with Crippen molar-refractivity contribution in [2.24, 2.45) is 0 Å². The molecule has 0 radical (unpaired) electrons. The van der Waals surface area contributed by atoms with Gasteiger partial charge in [-0.1, -0.05) is 0 Å². The van der Waals surface area contributed by atoms with Crippen LogP contribution in [0.1, 0.15) is 12.8 Å². The smallest absolute Gasteiger partial charge is 0.352 e. The fourth-order valence-corrected chi connectivity index (χ4v) is 3.35. The molecule has 29 heavy (non-hydrogen) atoms. The summed E-state index contributed by atoms with van der Waals surface area (Å²) in [7, 11) is 3.05. The lowest BCUT2D eigenvalue weighted by atomic mass is 10.2. The van der Waals surface area contributed by atoms with E-state index in [4.69, 9.17) is 9.47 Å². The molecule has 1 aliphatic rings. The number of anilines is 2. The number of hydrogen-bond donors (Lipinski definition) is 1. The van der Waals surface area contributed by atoms with Crippen LogP contribution >= 0.6 is 0 Å². The van der Waals surface area contributed by atoms with E-state index < -0.39 is 11.6 Å². The number of fused-ring (bicyclic) bond motifs is 1. The van der Waals surface area contributed by atoms with Gasteiger partial charge in [-0.05, 0) is 31.0 Å². The minimum absolute atomic E-state index is 0.240. The molecule has 0 atom stereocenters. The molecule has 4 rings (SSSR count). The summed E-state index contributed by atoms with van der Waals surface area (Å²) in [5, 5.41) is 6.94. The monoisotopic (exact) mass is 398 g/mol. The zero-order valence-electron chi connectivity index (χ0n) is 16.3. The fraction of sp³-hybridized carbons (Fsp3) is 0.368. The number of amides is 1. The van der Waals surface area contributed by atoms with Gasteiger partial charge in [0.05, 0.1) is 19.9 Å². The van der Waals surface area contributed by atoms with Crippen molar-refractivity contribution >= 4 is 23.2 Å². The molecule has 0 aliphatic carbocycles. The van der Waals surface area contributed by atoms with Crippen LogP contribution in [0.5, 0.6) is 11.5 Å². The summed E-state index contributed by atoms with van der Waals surface area (Å²) >= 11 is 0. The summed E-state index contributed by atoms with van der Waals surface area (Å²) in [5.74, 6) is 1.72. The molecule has 1 aliphatic heterocycles. The number of rotatable bonds is 6. The Bertz CT molecular complexity index is 1100. The molecular formula is C19H22N6O4. The molecule has 3 heterocycles. The van der Waals surface area contributed by atoms with Crippen LogP contribution in [-0.4, -0.2) is 52.4 Å². The molecule has 1 fully saturated rings. The quantitative estimate of drug-likeness (QED) is 0.664. The second-order valence-electron chi connectivity index (χ2n) is 6.70. The second kappa shape index (κ2) is 7.82. The number of carbonyl (C=O) groups is 1. The summed E-state index contributed by atoms with van der Waals surface area (Å²) in [5.41, 5.74) is 0.0573. The average Bonchev–Trinajstić information content (AvgIpc) is 3.37. The van der Waals surface area contributed by atoms with Gasteiger partial charge in [-0.2, -0.15) is 4.98 Å². The normalized spacial score (nSPS) is 13.7. The summed E-state index contributed by atoms with van der Waals surface area (Å²) in [6, 6.07) is 6.84. The van der Waals surface area contributed by atoms with Crippen molar-refractivity contribution in [2.75, 3.05) is 37.5 Å². The predicted molar refractivity (Wildman–Crippen MR) is 107 cm³/mol. The van der Waals surface area contributed by atoms with E-state index in [1.807, 2.05) is 0 Å². The molecule has 1 N–H and O–H groups in total. The first-order chi connectivity index (χ1) is 14.1. The maximum absolute atomic E-state index is 12.5. The highest BCUT2D eigenvalue weighted by Crippen LogP contribution is 2.29. The molecule has 10 heteroatoms. The zero-order valence-corrected chi connectivity index (χ0v) is 16.3. The summed E-state index contributed by atoms with van der Waals surface area (Å²) in [6.45, 7) is 1.65. The van der Waals surface area contributed by atoms with E-state index in [2.05, 4.69) is 20.3 Å². The summed E-state index contributed by atoms with van der Waals surface area (Å²) in [6.07, 6.45) is 3.90. The largest absolute Gasteiger partial charge is 0.497 e. The van der Waals surface area contributed by atoms with Gasteiger partial charge < -0.3 is 19.7 Å². The van der Waals surface area contributed by atoms with Gasteiger partial charge in [0.25, 0.3) is 5.78 Å². The first-order valence-corrected chi connectivity index (χ1v) is 9.32. The third-order valence-electron chi connectivity index (χ3n) is 4.85. The number of hydrogen-bond acceptors (Lipinski definition) is 7. The second-order valence-corrected chi connectivity index (χ2v) is 6.70. The van der Waals surface area contributed by atoms with Crippen LogP contribution in [0.4, 0.5) is 11.5 Å². The summed E-state index contributed by atoms with van der Waals surface area (Å²) < 4.78 is 12.9. The first kappa shape index (κ1) is 18.8. The Kier molecular flexibility index (Phi) is 5.07. The van der Waals surface area contributed by atoms with Crippen molar-refractivity contribution < 1.29 is 14.3 Å². The number of nitrogens with zero attached hydrogens (tertiary/aromatic N) is 5. The third kappa shape index (κ3) is 3.73. The highest BCUT2D eigenvalue weighted by atomic mass is 16.5. The average molecular weight is 398 g/mol. The molecule has 1 saturated heterocycles. The molecule has 1 aromatic carbocycles. The zero-order chi connectivity index (χ0) is 20.4. The maximum Gasteiger partial charge on any atom is 0.352 e. The van der Waals surface area contributed by atoms with Gasteiger partial charge in [-0.15, -0.1) is 5.10 Å². The number of aromatic nitrogens is 4. The molecule has 3 aromatic rings. The molecule has 0 saturated carbocycles. The van der Waals surface area contributed by atoms with Crippen LogP contribution in [0.3, 0.4) is 0 Å². The molecule has 1 amide bonds. The van der Waals surface area contributed by atoms with Gasteiger partial charge >= 0.3 is 5.69 Å². The standard InChI is InChI=1S/C19H22N6O4/c1-28-13-5-6-14(15(11-13)29-2)20-17(26)12-25-19(27)24-10-7-16(21-18(24)22-25)23-8-3-4-9-23/h5-7,10-11H,3-4,8-9,12H2,1-2H3,(H,20,26). The molecule has 152 valence electrons. The van der Waals surface area contributed by atoms with Crippen LogP contribution in [0.2, 0.25) is 0 Å². The topological polar surface area (TPSA) is 103 Å². The Morgan fingerprint density at radius 1 is 1.17 bits per heavy atom. The maximum atomic E-state index is 12.5. The highest BCUT2D eigenvalue weighted by molar-refractivity contribution is 5.92. The van der Waals surface area contributed by atoms with E-state index in [0.717, 1.165) is 36.4 Å². The lowest BCUT2D eigenvalue weighted by molar-refractivity contribution is -0.117. The number of methoxy groups -OCH3 is 2. The van der Waals surface area contributed by atoms with Gasteiger partial charge in [0, 0.05) is 25.4 Å². The SMILES string of the molecule is COc1ccc(NC(=O)Cn2nc3nc(N4CCCC4)ccn3c2=O)c(OC)c1. The molecule has 0 unspecified atom stereocenters. The Labute approximate surface area is 166 Å². The van der Waals surface area contributed by atoms with E-state index in [1.165, 1.54) is 11.5 Å². The van der Waals surface area contributed by atoms with E-state index in [-0.39, 0.29) is 12.3 Å². The van der Waals surface area contributed by atoms with Crippen LogP contribution in [0.25, 0.3) is 5.78 Å². The lowest BCUT2D eigenvalue weighted by Crippen LogP contribution is -2.28. The van der Waals surface area contributed by atoms with Crippen molar-refractivity contribution in [1.82, 2.24) is 19.2 Å². The Hall–Kier alpha value is -3.56. The lowest BCUT2D eigenvalue weighted by Gasteiger charge is -2.15. The third-order valence-corrected chi connectivity index (χ3v) is 4.85. The number of ether oxygens (including phenoxy) is 2. The van der Waals surface area contributed by atoms with Crippen molar-refractivity contribution in [2.45, 2.75) is 19.4 Å². The van der Waals surface area contributed by atoms with Crippen LogP contribution in [-0.2, 0) is 11.3 Å². The van der Waals surface area contributed by atoms with Crippen molar-refractivity contribution in [3.63, 3.8) is 0 Å². The van der Waals surface area contributed by atoms with Crippen molar-refractivity contribution in [3.05, 3.63) is 40.9 Å². The predicted octanol–water partition coefficient (Wildman–Crippen LogP) is 1.15. The van der Waals surface area contributed by atoms with Gasteiger partial charge in [0.15, 0.2) is 0 Å². The number of nitrogens with one attached hydrogen (secondary N) is 1. The molecule has 0 bridgehead atoms. The first-order valence-electron chi connectivity index (χ1n) is 9.32. The minimum atomic E-state index is -0.419. The molecule has 0 spiro atoms. The summed E-state index contributed by atoms with van der Waals surface area (Å²) in [4.78, 5) is 31.6. The minimum Gasteiger partial charge on any atom is -0.497 e. The number of carbonyl (C=O) groups excluding carboxylic acids is 1. The van der Waals surface area contributed by atoms with Crippen molar-refractivity contribution in [1.29, 1.82) is 0 Å². The Morgan fingerprint density at radius 3 is 2.69 bits per heavy atom.